The number of hydrogen-bond donors (Lipinski definition) is 1. The van der Waals surface area contributed by atoms with Crippen LogP contribution in [0.4, 0.5) is 11.4 Å². The van der Waals surface area contributed by atoms with Gasteiger partial charge in [0.25, 0.3) is 5.91 Å². The van der Waals surface area contributed by atoms with Gasteiger partial charge in [-0.3, -0.25) is 4.79 Å². The van der Waals surface area contributed by atoms with E-state index in [1.807, 2.05) is 19.1 Å². The standard InChI is InChI=1S/C19H20Cl2N2O2/c1-13-10-14(20)5-7-18(13)25-12-19(24)22-16-11-15(21)4-6-17(16)23-8-2-3-9-23/h4-7,10-11H,2-3,8-9,12H2,1H3,(H,22,24). The molecule has 0 radical (unpaired) electrons. The molecule has 6 heteroatoms. The van der Waals surface area contributed by atoms with Crippen LogP contribution >= 0.6 is 23.2 Å². The van der Waals surface area contributed by atoms with Crippen molar-refractivity contribution in [1.29, 1.82) is 0 Å². The Morgan fingerprint density at radius 3 is 2.52 bits per heavy atom. The van der Waals surface area contributed by atoms with E-state index in [1.165, 1.54) is 0 Å². The summed E-state index contributed by atoms with van der Waals surface area (Å²) in [5.41, 5.74) is 2.61. The van der Waals surface area contributed by atoms with Crippen molar-refractivity contribution in [3.8, 4) is 5.75 Å². The van der Waals surface area contributed by atoms with Crippen molar-refractivity contribution in [3.05, 3.63) is 52.0 Å². The summed E-state index contributed by atoms with van der Waals surface area (Å²) in [5, 5.41) is 4.15. The van der Waals surface area contributed by atoms with Gasteiger partial charge < -0.3 is 15.0 Å². The van der Waals surface area contributed by atoms with Crippen LogP contribution in [-0.4, -0.2) is 25.6 Å². The summed E-state index contributed by atoms with van der Waals surface area (Å²) >= 11 is 12.0. The number of anilines is 2. The first-order chi connectivity index (χ1) is 12.0. The molecule has 0 unspecified atom stereocenters. The van der Waals surface area contributed by atoms with Gasteiger partial charge in [-0.15, -0.1) is 0 Å². The van der Waals surface area contributed by atoms with Gasteiger partial charge in [-0.2, -0.15) is 0 Å². The Balaban J connectivity index is 1.67. The highest BCUT2D eigenvalue weighted by Crippen LogP contribution is 2.31. The molecule has 0 aliphatic carbocycles. The van der Waals surface area contributed by atoms with E-state index >= 15 is 0 Å². The third kappa shape index (κ3) is 4.59. The van der Waals surface area contributed by atoms with Gasteiger partial charge in [0.2, 0.25) is 0 Å². The number of amides is 1. The molecule has 0 bridgehead atoms. The van der Waals surface area contributed by atoms with E-state index in [4.69, 9.17) is 27.9 Å². The lowest BCUT2D eigenvalue weighted by Crippen LogP contribution is -2.24. The maximum atomic E-state index is 12.3. The summed E-state index contributed by atoms with van der Waals surface area (Å²) in [5.74, 6) is 0.419. The summed E-state index contributed by atoms with van der Waals surface area (Å²) in [7, 11) is 0. The summed E-state index contributed by atoms with van der Waals surface area (Å²) in [6.45, 7) is 3.80. The maximum absolute atomic E-state index is 12.3. The molecule has 132 valence electrons. The molecule has 0 spiro atoms. The van der Waals surface area contributed by atoms with E-state index < -0.39 is 0 Å². The lowest BCUT2D eigenvalue weighted by molar-refractivity contribution is -0.118. The van der Waals surface area contributed by atoms with Crippen LogP contribution in [0.5, 0.6) is 5.75 Å². The number of hydrogen-bond acceptors (Lipinski definition) is 3. The van der Waals surface area contributed by atoms with Crippen molar-refractivity contribution >= 4 is 40.5 Å². The predicted octanol–water partition coefficient (Wildman–Crippen LogP) is 4.92. The molecule has 1 heterocycles. The number of aryl methyl sites for hydroxylation is 1. The largest absolute Gasteiger partial charge is 0.483 e. The second-order valence-electron chi connectivity index (χ2n) is 6.10. The van der Waals surface area contributed by atoms with Crippen molar-refractivity contribution in [1.82, 2.24) is 0 Å². The fourth-order valence-corrected chi connectivity index (χ4v) is 3.35. The highest BCUT2D eigenvalue weighted by atomic mass is 35.5. The third-order valence-corrected chi connectivity index (χ3v) is 4.65. The second-order valence-corrected chi connectivity index (χ2v) is 6.98. The number of carbonyl (C=O) groups excluding carboxylic acids is 1. The quantitative estimate of drug-likeness (QED) is 0.802. The highest BCUT2D eigenvalue weighted by Gasteiger charge is 2.17. The lowest BCUT2D eigenvalue weighted by Gasteiger charge is -2.22. The Labute approximate surface area is 157 Å². The minimum Gasteiger partial charge on any atom is -0.483 e. The van der Waals surface area contributed by atoms with Crippen molar-refractivity contribution < 1.29 is 9.53 Å². The Kier molecular flexibility index (Phi) is 5.71. The lowest BCUT2D eigenvalue weighted by atomic mass is 10.2. The molecule has 1 N–H and O–H groups in total. The summed E-state index contributed by atoms with van der Waals surface area (Å²) in [6, 6.07) is 10.9. The molecule has 2 aromatic rings. The van der Waals surface area contributed by atoms with Gasteiger partial charge in [0, 0.05) is 23.1 Å². The van der Waals surface area contributed by atoms with E-state index in [9.17, 15) is 4.79 Å². The second kappa shape index (κ2) is 7.98. The minimum absolute atomic E-state index is 0.0750. The van der Waals surface area contributed by atoms with Gasteiger partial charge in [0.05, 0.1) is 11.4 Å². The average Bonchev–Trinajstić information content (AvgIpc) is 3.08. The average molecular weight is 379 g/mol. The third-order valence-electron chi connectivity index (χ3n) is 4.18. The van der Waals surface area contributed by atoms with E-state index in [-0.39, 0.29) is 12.5 Å². The number of ether oxygens (including phenoxy) is 1. The molecule has 3 rings (SSSR count). The van der Waals surface area contributed by atoms with Crippen LogP contribution in [0.3, 0.4) is 0 Å². The molecule has 1 aliphatic rings. The van der Waals surface area contributed by atoms with Gasteiger partial charge in [0.1, 0.15) is 5.75 Å². The molecule has 1 amide bonds. The van der Waals surface area contributed by atoms with Crippen LogP contribution in [-0.2, 0) is 4.79 Å². The fraction of sp³-hybridized carbons (Fsp3) is 0.316. The molecule has 2 aromatic carbocycles. The smallest absolute Gasteiger partial charge is 0.262 e. The molecule has 0 saturated carbocycles. The van der Waals surface area contributed by atoms with Gasteiger partial charge >= 0.3 is 0 Å². The van der Waals surface area contributed by atoms with Crippen molar-refractivity contribution in [2.24, 2.45) is 0 Å². The molecule has 0 atom stereocenters. The van der Waals surface area contributed by atoms with Crippen LogP contribution in [0.2, 0.25) is 10.0 Å². The van der Waals surface area contributed by atoms with Crippen LogP contribution in [0.1, 0.15) is 18.4 Å². The van der Waals surface area contributed by atoms with Crippen LogP contribution in [0.25, 0.3) is 0 Å². The van der Waals surface area contributed by atoms with Gasteiger partial charge in [-0.25, -0.2) is 0 Å². The molecule has 1 saturated heterocycles. The predicted molar refractivity (Wildman–Crippen MR) is 103 cm³/mol. The van der Waals surface area contributed by atoms with Gasteiger partial charge in [-0.05, 0) is 61.7 Å². The van der Waals surface area contributed by atoms with Crippen LogP contribution in [0, 0.1) is 6.92 Å². The Morgan fingerprint density at radius 1 is 1.12 bits per heavy atom. The number of nitrogens with one attached hydrogen (secondary N) is 1. The number of nitrogens with zero attached hydrogens (tertiary/aromatic N) is 1. The van der Waals surface area contributed by atoms with E-state index in [2.05, 4.69) is 10.2 Å². The number of halogens is 2. The summed E-state index contributed by atoms with van der Waals surface area (Å²) < 4.78 is 5.60. The molecule has 0 aromatic heterocycles. The monoisotopic (exact) mass is 378 g/mol. The zero-order valence-corrected chi connectivity index (χ0v) is 15.5. The van der Waals surface area contributed by atoms with Gasteiger partial charge in [-0.1, -0.05) is 23.2 Å². The number of rotatable bonds is 5. The summed E-state index contributed by atoms with van der Waals surface area (Å²) in [6.07, 6.45) is 2.32. The molecule has 4 nitrogen and oxygen atoms in total. The highest BCUT2D eigenvalue weighted by molar-refractivity contribution is 6.31. The molecule has 25 heavy (non-hydrogen) atoms. The Bertz CT molecular complexity index is 774. The first-order valence-corrected chi connectivity index (χ1v) is 9.02. The summed E-state index contributed by atoms with van der Waals surface area (Å²) in [4.78, 5) is 14.6. The van der Waals surface area contributed by atoms with E-state index in [1.54, 1.807) is 24.3 Å². The Hall–Kier alpha value is -1.91. The van der Waals surface area contributed by atoms with Gasteiger partial charge in [0.15, 0.2) is 6.61 Å². The number of carbonyl (C=O) groups is 1. The molecule has 1 fully saturated rings. The SMILES string of the molecule is Cc1cc(Cl)ccc1OCC(=O)Nc1cc(Cl)ccc1N1CCCC1. The normalized spacial score (nSPS) is 13.8. The zero-order valence-electron chi connectivity index (χ0n) is 14.0. The van der Waals surface area contributed by atoms with E-state index in [0.717, 1.165) is 42.9 Å². The first kappa shape index (κ1) is 17.9. The minimum atomic E-state index is -0.225. The topological polar surface area (TPSA) is 41.6 Å². The Morgan fingerprint density at radius 2 is 1.80 bits per heavy atom. The first-order valence-electron chi connectivity index (χ1n) is 8.26. The zero-order chi connectivity index (χ0) is 17.8. The van der Waals surface area contributed by atoms with Crippen LogP contribution < -0.4 is 15.0 Å². The molecular weight excluding hydrogens is 359 g/mol. The molecular formula is C19H20Cl2N2O2. The van der Waals surface area contributed by atoms with E-state index in [0.29, 0.717) is 15.8 Å². The van der Waals surface area contributed by atoms with Crippen molar-refractivity contribution in [2.45, 2.75) is 19.8 Å². The number of benzene rings is 2. The fourth-order valence-electron chi connectivity index (χ4n) is 2.95. The molecule has 1 aliphatic heterocycles. The van der Waals surface area contributed by atoms with Crippen molar-refractivity contribution in [3.63, 3.8) is 0 Å². The van der Waals surface area contributed by atoms with Crippen LogP contribution in [0.15, 0.2) is 36.4 Å². The maximum Gasteiger partial charge on any atom is 0.262 e. The van der Waals surface area contributed by atoms with Crippen molar-refractivity contribution in [2.75, 3.05) is 29.9 Å².